The van der Waals surface area contributed by atoms with Crippen LogP contribution >= 0.6 is 0 Å². The molecule has 4 unspecified atom stereocenters. The average molecular weight is 696 g/mol. The Morgan fingerprint density at radius 2 is 1.66 bits per heavy atom. The highest BCUT2D eigenvalue weighted by Gasteiger charge is 2.47. The number of dihydropyridines is 1. The first-order chi connectivity index (χ1) is 26.0. The smallest absolute Gasteiger partial charge is 0.0546 e. The highest BCUT2D eigenvalue weighted by molar-refractivity contribution is 5.84. The van der Waals surface area contributed by atoms with Crippen molar-refractivity contribution in [2.24, 2.45) is 11.8 Å². The van der Waals surface area contributed by atoms with Crippen LogP contribution in [0.5, 0.6) is 0 Å². The summed E-state index contributed by atoms with van der Waals surface area (Å²) in [6.45, 7) is 5.84. The number of anilines is 2. The van der Waals surface area contributed by atoms with Gasteiger partial charge in [-0.05, 0) is 140 Å². The molecule has 53 heavy (non-hydrogen) atoms. The lowest BCUT2D eigenvalue weighted by atomic mass is 9.77. The molecule has 1 saturated heterocycles. The molecule has 4 atom stereocenters. The van der Waals surface area contributed by atoms with Gasteiger partial charge < -0.3 is 15.1 Å². The minimum absolute atomic E-state index is 0.0850. The summed E-state index contributed by atoms with van der Waals surface area (Å²) in [6, 6.07) is 17.9. The number of hydrogen-bond acceptors (Lipinski definition) is 3. The Morgan fingerprint density at radius 3 is 2.47 bits per heavy atom. The maximum Gasteiger partial charge on any atom is 0.0546 e. The topological polar surface area (TPSA) is 18.5 Å². The van der Waals surface area contributed by atoms with Gasteiger partial charge in [-0.3, -0.25) is 0 Å². The molecule has 0 spiro atoms. The van der Waals surface area contributed by atoms with E-state index < -0.39 is 0 Å². The van der Waals surface area contributed by atoms with E-state index in [9.17, 15) is 0 Å². The SMILES string of the molecule is CC1(C)C2=C(CCCC2)c2ccc(N(C3=CC=C(C4=CNCC=C4)CC3)c3ccc(C4=CC5C6C=CCCC6N(C6=CC=CCC6)C5C=C4)cc3)cc21. The number of benzene rings is 2. The molecule has 2 aromatic carbocycles. The van der Waals surface area contributed by atoms with E-state index in [-0.39, 0.29) is 5.41 Å². The van der Waals surface area contributed by atoms with Gasteiger partial charge in [-0.15, -0.1) is 0 Å². The molecule has 1 N–H and O–H groups in total. The molecule has 6 aliphatic carbocycles. The molecular formula is C50H53N3. The van der Waals surface area contributed by atoms with Crippen molar-refractivity contribution in [2.75, 3.05) is 11.4 Å². The first kappa shape index (κ1) is 32.9. The molecule has 3 nitrogen and oxygen atoms in total. The van der Waals surface area contributed by atoms with Crippen molar-refractivity contribution >= 4 is 22.5 Å². The predicted molar refractivity (Wildman–Crippen MR) is 222 cm³/mol. The number of nitrogens with zero attached hydrogens (tertiary/aromatic N) is 2. The van der Waals surface area contributed by atoms with Crippen molar-refractivity contribution in [1.29, 1.82) is 0 Å². The summed E-state index contributed by atoms with van der Waals surface area (Å²) in [4.78, 5) is 5.35. The van der Waals surface area contributed by atoms with Crippen molar-refractivity contribution < 1.29 is 0 Å². The zero-order valence-corrected chi connectivity index (χ0v) is 31.5. The fraction of sp³-hybridized carbons (Fsp3) is 0.360. The Hall–Kier alpha value is -4.76. The van der Waals surface area contributed by atoms with E-state index in [2.05, 4.69) is 151 Å². The second-order valence-corrected chi connectivity index (χ2v) is 16.9. The van der Waals surface area contributed by atoms with Gasteiger partial charge in [-0.1, -0.05) is 98.4 Å². The quantitative estimate of drug-likeness (QED) is 0.304. The van der Waals surface area contributed by atoms with E-state index in [0.717, 1.165) is 32.2 Å². The Balaban J connectivity index is 0.992. The van der Waals surface area contributed by atoms with Crippen LogP contribution in [0.15, 0.2) is 150 Å². The zero-order chi connectivity index (χ0) is 35.5. The lowest BCUT2D eigenvalue weighted by Gasteiger charge is -2.36. The van der Waals surface area contributed by atoms with Crippen LogP contribution in [-0.4, -0.2) is 23.5 Å². The summed E-state index contributed by atoms with van der Waals surface area (Å²) in [5.41, 5.74) is 17.2. The molecule has 0 aromatic heterocycles. The first-order valence-electron chi connectivity index (χ1n) is 20.5. The standard InChI is InChI=1S/C50H53N3/c1-50(2)46-16-8-6-14-42(46)43-28-27-41(32-47(43)50)52(40-25-20-35(21-26-40)37-11-10-30-51-33-37)39-23-18-34(19-24-39)36-22-29-49-45(31-36)44-15-7-9-17-48(44)53(49)38-12-4-3-5-13-38/h3-4,7,10-12,15,18-20,22-25,27-29,31-33,44-45,48-49,51H,5-6,8-9,13-14,16-17,21,26,30H2,1-2H3. The molecule has 3 heteroatoms. The molecule has 2 heterocycles. The highest BCUT2D eigenvalue weighted by Crippen LogP contribution is 2.53. The van der Waals surface area contributed by atoms with E-state index in [4.69, 9.17) is 0 Å². The normalized spacial score (nSPS) is 27.8. The van der Waals surface area contributed by atoms with E-state index in [1.54, 1.807) is 11.1 Å². The van der Waals surface area contributed by atoms with Crippen LogP contribution in [-0.2, 0) is 5.41 Å². The van der Waals surface area contributed by atoms with Crippen molar-refractivity contribution in [3.05, 3.63) is 166 Å². The minimum atomic E-state index is 0.0850. The summed E-state index contributed by atoms with van der Waals surface area (Å²) in [6.07, 6.45) is 42.8. The Kier molecular flexibility index (Phi) is 8.23. The van der Waals surface area contributed by atoms with Gasteiger partial charge >= 0.3 is 0 Å². The fourth-order valence-electron chi connectivity index (χ4n) is 11.0. The molecule has 268 valence electrons. The Bertz CT molecular complexity index is 2140. The van der Waals surface area contributed by atoms with Crippen LogP contribution in [0.1, 0.15) is 94.7 Å². The maximum atomic E-state index is 3.40. The summed E-state index contributed by atoms with van der Waals surface area (Å²) < 4.78 is 0. The van der Waals surface area contributed by atoms with Gasteiger partial charge in [0.25, 0.3) is 0 Å². The monoisotopic (exact) mass is 695 g/mol. The number of fused-ring (bicyclic) bond motifs is 5. The molecule has 0 amide bonds. The predicted octanol–water partition coefficient (Wildman–Crippen LogP) is 11.9. The Morgan fingerprint density at radius 1 is 0.774 bits per heavy atom. The largest absolute Gasteiger partial charge is 0.387 e. The fourth-order valence-corrected chi connectivity index (χ4v) is 11.0. The number of likely N-dealkylation sites (tertiary alicyclic amines) is 1. The Labute approximate surface area is 316 Å². The van der Waals surface area contributed by atoms with Gasteiger partial charge in [0.2, 0.25) is 0 Å². The van der Waals surface area contributed by atoms with E-state index in [1.165, 1.54) is 94.7 Å². The van der Waals surface area contributed by atoms with Crippen LogP contribution in [0.4, 0.5) is 11.4 Å². The van der Waals surface area contributed by atoms with Gasteiger partial charge in [0.05, 0.1) is 6.04 Å². The molecule has 2 aromatic rings. The van der Waals surface area contributed by atoms with Crippen LogP contribution in [0.2, 0.25) is 0 Å². The highest BCUT2D eigenvalue weighted by atomic mass is 15.2. The lowest BCUT2D eigenvalue weighted by Crippen LogP contribution is -2.37. The minimum Gasteiger partial charge on any atom is -0.387 e. The van der Waals surface area contributed by atoms with E-state index in [1.807, 2.05) is 0 Å². The summed E-state index contributed by atoms with van der Waals surface area (Å²) in [7, 11) is 0. The van der Waals surface area contributed by atoms with Gasteiger partial charge in [-0.25, -0.2) is 0 Å². The van der Waals surface area contributed by atoms with Crippen LogP contribution in [0.25, 0.3) is 11.1 Å². The molecule has 0 saturated carbocycles. The van der Waals surface area contributed by atoms with Gasteiger partial charge in [-0.2, -0.15) is 0 Å². The zero-order valence-electron chi connectivity index (χ0n) is 31.5. The van der Waals surface area contributed by atoms with E-state index >= 15 is 0 Å². The van der Waals surface area contributed by atoms with Gasteiger partial charge in [0.1, 0.15) is 0 Å². The molecule has 2 aliphatic heterocycles. The van der Waals surface area contributed by atoms with Gasteiger partial charge in [0.15, 0.2) is 0 Å². The van der Waals surface area contributed by atoms with Crippen molar-refractivity contribution in [1.82, 2.24) is 10.2 Å². The van der Waals surface area contributed by atoms with Crippen LogP contribution in [0, 0.1) is 11.8 Å². The van der Waals surface area contributed by atoms with Gasteiger partial charge in [0, 0.05) is 58.8 Å². The third kappa shape index (κ3) is 5.61. The van der Waals surface area contributed by atoms with Crippen LogP contribution in [0.3, 0.4) is 0 Å². The summed E-state index contributed by atoms with van der Waals surface area (Å²) in [5.74, 6) is 1.08. The summed E-state index contributed by atoms with van der Waals surface area (Å²) >= 11 is 0. The molecule has 1 fully saturated rings. The molecule has 10 rings (SSSR count). The summed E-state index contributed by atoms with van der Waals surface area (Å²) in [5, 5.41) is 3.40. The first-order valence-corrected chi connectivity index (χ1v) is 20.5. The van der Waals surface area contributed by atoms with Crippen molar-refractivity contribution in [3.8, 4) is 0 Å². The molecule has 0 radical (unpaired) electrons. The molecule has 0 bridgehead atoms. The molecular weight excluding hydrogens is 643 g/mol. The van der Waals surface area contributed by atoms with Crippen molar-refractivity contribution in [2.45, 2.75) is 95.6 Å². The van der Waals surface area contributed by atoms with Crippen molar-refractivity contribution in [3.63, 3.8) is 0 Å². The number of hydrogen-bond donors (Lipinski definition) is 1. The lowest BCUT2D eigenvalue weighted by molar-refractivity contribution is 0.242. The third-order valence-electron chi connectivity index (χ3n) is 13.6. The molecule has 8 aliphatic rings. The maximum absolute atomic E-state index is 3.40. The average Bonchev–Trinajstić information content (AvgIpc) is 3.67. The van der Waals surface area contributed by atoms with E-state index in [0.29, 0.717) is 23.9 Å². The third-order valence-corrected chi connectivity index (χ3v) is 13.6. The van der Waals surface area contributed by atoms with Crippen LogP contribution < -0.4 is 10.2 Å². The second-order valence-electron chi connectivity index (χ2n) is 16.9. The number of rotatable bonds is 6. The number of nitrogens with one attached hydrogen (secondary N) is 1. The number of allylic oxidation sites excluding steroid dienone is 15. The second kappa shape index (κ2) is 13.3.